The number of carbonyl (C=O) groups is 1. The van der Waals surface area contributed by atoms with E-state index in [0.29, 0.717) is 0 Å². The maximum atomic E-state index is 11.3. The van der Waals surface area contributed by atoms with Crippen LogP contribution in [0.25, 0.3) is 0 Å². The highest BCUT2D eigenvalue weighted by molar-refractivity contribution is 5.99. The van der Waals surface area contributed by atoms with Crippen LogP contribution in [0.15, 0.2) is 35.3 Å². The molecule has 0 aliphatic carbocycles. The van der Waals surface area contributed by atoms with Gasteiger partial charge in [0, 0.05) is 19.9 Å². The largest absolute Gasteiger partial charge is 0.299 e. The van der Waals surface area contributed by atoms with E-state index in [4.69, 9.17) is 0 Å². The summed E-state index contributed by atoms with van der Waals surface area (Å²) >= 11 is 0. The van der Waals surface area contributed by atoms with Gasteiger partial charge in [-0.25, -0.2) is 0 Å². The molecule has 1 aliphatic heterocycles. The number of hydrogen-bond acceptors (Lipinski definition) is 2. The molecule has 1 aromatic carbocycles. The number of amides is 1. The molecule has 15 heavy (non-hydrogen) atoms. The van der Waals surface area contributed by atoms with E-state index < -0.39 is 0 Å². The number of aliphatic imine (C=N–C) groups is 1. The normalized spacial score (nSPS) is 15.3. The molecule has 78 valence electrons. The molecule has 3 nitrogen and oxygen atoms in total. The van der Waals surface area contributed by atoms with Gasteiger partial charge < -0.3 is 0 Å². The summed E-state index contributed by atoms with van der Waals surface area (Å²) in [4.78, 5) is 17.4. The Morgan fingerprint density at radius 1 is 1.40 bits per heavy atom. The number of rotatable bonds is 2. The Labute approximate surface area is 89.4 Å². The molecular formula is C12H14N2O. The molecule has 3 heteroatoms. The van der Waals surface area contributed by atoms with Gasteiger partial charge in [0.25, 0.3) is 0 Å². The molecule has 1 aliphatic rings. The van der Waals surface area contributed by atoms with Crippen molar-refractivity contribution in [1.29, 1.82) is 0 Å². The fourth-order valence-electron chi connectivity index (χ4n) is 1.76. The van der Waals surface area contributed by atoms with Gasteiger partial charge in [-0.2, -0.15) is 0 Å². The zero-order chi connectivity index (χ0) is 10.7. The van der Waals surface area contributed by atoms with E-state index in [0.717, 1.165) is 25.3 Å². The molecule has 0 N–H and O–H groups in total. The molecule has 0 saturated carbocycles. The van der Waals surface area contributed by atoms with E-state index >= 15 is 0 Å². The molecule has 0 radical (unpaired) electrons. The van der Waals surface area contributed by atoms with Crippen molar-refractivity contribution in [1.82, 2.24) is 4.90 Å². The van der Waals surface area contributed by atoms with Crippen LogP contribution in [0.2, 0.25) is 0 Å². The third-order valence-corrected chi connectivity index (χ3v) is 2.51. The number of nitrogens with zero attached hydrogens (tertiary/aromatic N) is 2. The van der Waals surface area contributed by atoms with Crippen LogP contribution in [-0.4, -0.2) is 29.7 Å². The standard InChI is InChI=1S/C12H14N2O/c1-10(15)14-8-7-13-12(14)9-11-5-3-2-4-6-11/h2-6H,7-9H2,1H3. The van der Waals surface area contributed by atoms with Gasteiger partial charge in [-0.1, -0.05) is 30.3 Å². The number of carbonyl (C=O) groups excluding carboxylic acids is 1. The van der Waals surface area contributed by atoms with E-state index in [1.807, 2.05) is 18.2 Å². The molecular weight excluding hydrogens is 188 g/mol. The van der Waals surface area contributed by atoms with Gasteiger partial charge in [-0.3, -0.25) is 14.7 Å². The minimum absolute atomic E-state index is 0.0854. The Bertz CT molecular complexity index is 384. The van der Waals surface area contributed by atoms with Crippen molar-refractivity contribution in [2.75, 3.05) is 13.1 Å². The minimum atomic E-state index is 0.0854. The maximum absolute atomic E-state index is 11.3. The lowest BCUT2D eigenvalue weighted by Crippen LogP contribution is -2.33. The van der Waals surface area contributed by atoms with Gasteiger partial charge in [0.1, 0.15) is 5.84 Å². The Morgan fingerprint density at radius 3 is 2.80 bits per heavy atom. The zero-order valence-corrected chi connectivity index (χ0v) is 8.81. The third kappa shape index (κ3) is 2.24. The van der Waals surface area contributed by atoms with E-state index in [-0.39, 0.29) is 5.91 Å². The highest BCUT2D eigenvalue weighted by Gasteiger charge is 2.19. The third-order valence-electron chi connectivity index (χ3n) is 2.51. The van der Waals surface area contributed by atoms with E-state index in [1.165, 1.54) is 5.56 Å². The lowest BCUT2D eigenvalue weighted by molar-refractivity contribution is -0.124. The zero-order valence-electron chi connectivity index (χ0n) is 8.81. The second-order valence-corrected chi connectivity index (χ2v) is 3.63. The number of amidine groups is 1. The molecule has 1 heterocycles. The fourth-order valence-corrected chi connectivity index (χ4v) is 1.76. The molecule has 0 atom stereocenters. The van der Waals surface area contributed by atoms with Gasteiger partial charge in [0.05, 0.1) is 6.54 Å². The van der Waals surface area contributed by atoms with Crippen LogP contribution in [0.1, 0.15) is 12.5 Å². The molecule has 2 rings (SSSR count). The SMILES string of the molecule is CC(=O)N1CCN=C1Cc1ccccc1. The lowest BCUT2D eigenvalue weighted by Gasteiger charge is -2.15. The average Bonchev–Trinajstić information content (AvgIpc) is 2.67. The van der Waals surface area contributed by atoms with E-state index in [9.17, 15) is 4.79 Å². The molecule has 1 aromatic rings. The Balaban J connectivity index is 2.09. The smallest absolute Gasteiger partial charge is 0.224 e. The summed E-state index contributed by atoms with van der Waals surface area (Å²) in [5, 5.41) is 0. The predicted octanol–water partition coefficient (Wildman–Crippen LogP) is 1.49. The van der Waals surface area contributed by atoms with Crippen LogP contribution >= 0.6 is 0 Å². The Morgan fingerprint density at radius 2 is 2.13 bits per heavy atom. The highest BCUT2D eigenvalue weighted by atomic mass is 16.2. The summed E-state index contributed by atoms with van der Waals surface area (Å²) < 4.78 is 0. The first-order chi connectivity index (χ1) is 7.27. The highest BCUT2D eigenvalue weighted by Crippen LogP contribution is 2.08. The number of benzene rings is 1. The topological polar surface area (TPSA) is 32.7 Å². The van der Waals surface area contributed by atoms with Crippen molar-refractivity contribution in [3.8, 4) is 0 Å². The van der Waals surface area contributed by atoms with Gasteiger partial charge in [0.15, 0.2) is 0 Å². The molecule has 0 bridgehead atoms. The van der Waals surface area contributed by atoms with Crippen molar-refractivity contribution in [3.63, 3.8) is 0 Å². The van der Waals surface area contributed by atoms with Crippen LogP contribution in [0.5, 0.6) is 0 Å². The molecule has 0 aromatic heterocycles. The van der Waals surface area contributed by atoms with Crippen molar-refractivity contribution in [2.24, 2.45) is 4.99 Å². The predicted molar refractivity (Wildman–Crippen MR) is 59.8 cm³/mol. The van der Waals surface area contributed by atoms with Gasteiger partial charge >= 0.3 is 0 Å². The minimum Gasteiger partial charge on any atom is -0.299 e. The fraction of sp³-hybridized carbons (Fsp3) is 0.333. The van der Waals surface area contributed by atoms with Crippen LogP contribution in [0.4, 0.5) is 0 Å². The first kappa shape index (κ1) is 9.90. The van der Waals surface area contributed by atoms with E-state index in [2.05, 4.69) is 17.1 Å². The molecule has 0 fully saturated rings. The van der Waals surface area contributed by atoms with Crippen LogP contribution in [0.3, 0.4) is 0 Å². The van der Waals surface area contributed by atoms with Crippen LogP contribution in [0, 0.1) is 0 Å². The number of hydrogen-bond donors (Lipinski definition) is 0. The van der Waals surface area contributed by atoms with Gasteiger partial charge in [0.2, 0.25) is 5.91 Å². The van der Waals surface area contributed by atoms with Gasteiger partial charge in [-0.15, -0.1) is 0 Å². The molecule has 0 spiro atoms. The van der Waals surface area contributed by atoms with E-state index in [1.54, 1.807) is 11.8 Å². The molecule has 0 unspecified atom stereocenters. The van der Waals surface area contributed by atoms with Crippen molar-refractivity contribution >= 4 is 11.7 Å². The monoisotopic (exact) mass is 202 g/mol. The maximum Gasteiger partial charge on any atom is 0.224 e. The van der Waals surface area contributed by atoms with Crippen molar-refractivity contribution in [3.05, 3.63) is 35.9 Å². The Kier molecular flexibility index (Phi) is 2.81. The van der Waals surface area contributed by atoms with Crippen LogP contribution in [-0.2, 0) is 11.2 Å². The summed E-state index contributed by atoms with van der Waals surface area (Å²) in [5.74, 6) is 0.982. The summed E-state index contributed by atoms with van der Waals surface area (Å²) in [6.07, 6.45) is 0.750. The van der Waals surface area contributed by atoms with Crippen molar-refractivity contribution < 1.29 is 4.79 Å². The lowest BCUT2D eigenvalue weighted by atomic mass is 10.1. The summed E-state index contributed by atoms with van der Waals surface area (Å²) in [6, 6.07) is 10.1. The summed E-state index contributed by atoms with van der Waals surface area (Å²) in [6.45, 7) is 3.06. The average molecular weight is 202 g/mol. The Hall–Kier alpha value is -1.64. The molecule has 0 saturated heterocycles. The molecule has 1 amide bonds. The summed E-state index contributed by atoms with van der Waals surface area (Å²) in [5.41, 5.74) is 1.20. The second kappa shape index (κ2) is 4.26. The first-order valence-electron chi connectivity index (χ1n) is 5.13. The van der Waals surface area contributed by atoms with Crippen LogP contribution < -0.4 is 0 Å². The first-order valence-corrected chi connectivity index (χ1v) is 5.13. The second-order valence-electron chi connectivity index (χ2n) is 3.63. The quantitative estimate of drug-likeness (QED) is 0.715. The van der Waals surface area contributed by atoms with Crippen molar-refractivity contribution in [2.45, 2.75) is 13.3 Å². The summed E-state index contributed by atoms with van der Waals surface area (Å²) in [7, 11) is 0. The van der Waals surface area contributed by atoms with Gasteiger partial charge in [-0.05, 0) is 5.56 Å².